The molecule has 4 nitrogen and oxygen atoms in total. The molecular formula is C14H23N3O. The van der Waals surface area contributed by atoms with Gasteiger partial charge in [-0.2, -0.15) is 0 Å². The van der Waals surface area contributed by atoms with Crippen LogP contribution in [0.25, 0.3) is 0 Å². The first-order valence-electron chi connectivity index (χ1n) is 6.59. The SMILES string of the molecule is CCN(C(=O)CCCNC(C)C)c1ccncc1. The molecule has 18 heavy (non-hydrogen) atoms. The largest absolute Gasteiger partial charge is 0.315 e. The fourth-order valence-corrected chi connectivity index (χ4v) is 1.79. The van der Waals surface area contributed by atoms with Crippen molar-refractivity contribution in [1.29, 1.82) is 0 Å². The van der Waals surface area contributed by atoms with Crippen LogP contribution in [0.5, 0.6) is 0 Å². The molecule has 0 aliphatic heterocycles. The van der Waals surface area contributed by atoms with E-state index < -0.39 is 0 Å². The molecule has 0 aromatic carbocycles. The van der Waals surface area contributed by atoms with Crippen molar-refractivity contribution in [3.8, 4) is 0 Å². The summed E-state index contributed by atoms with van der Waals surface area (Å²) in [6, 6.07) is 4.21. The number of hydrogen-bond acceptors (Lipinski definition) is 3. The van der Waals surface area contributed by atoms with Crippen molar-refractivity contribution in [3.05, 3.63) is 24.5 Å². The van der Waals surface area contributed by atoms with Gasteiger partial charge in [-0.3, -0.25) is 9.78 Å². The third kappa shape index (κ3) is 4.84. The summed E-state index contributed by atoms with van der Waals surface area (Å²) in [5.74, 6) is 0.175. The maximum absolute atomic E-state index is 12.1. The van der Waals surface area contributed by atoms with Gasteiger partial charge in [-0.15, -0.1) is 0 Å². The average molecular weight is 249 g/mol. The van der Waals surface area contributed by atoms with Gasteiger partial charge in [0, 0.05) is 37.1 Å². The molecule has 1 N–H and O–H groups in total. The number of pyridine rings is 1. The second kappa shape index (κ2) is 7.82. The van der Waals surface area contributed by atoms with E-state index in [4.69, 9.17) is 0 Å². The lowest BCUT2D eigenvalue weighted by Gasteiger charge is -2.21. The number of amides is 1. The van der Waals surface area contributed by atoms with E-state index in [1.165, 1.54) is 0 Å². The van der Waals surface area contributed by atoms with Crippen LogP contribution < -0.4 is 10.2 Å². The van der Waals surface area contributed by atoms with Crippen molar-refractivity contribution in [2.75, 3.05) is 18.0 Å². The van der Waals surface area contributed by atoms with Crippen LogP contribution in [-0.2, 0) is 4.79 Å². The van der Waals surface area contributed by atoms with Crippen LogP contribution in [0.2, 0.25) is 0 Å². The van der Waals surface area contributed by atoms with Crippen LogP contribution in [0.15, 0.2) is 24.5 Å². The number of anilines is 1. The van der Waals surface area contributed by atoms with Gasteiger partial charge in [-0.05, 0) is 32.0 Å². The molecule has 0 aliphatic carbocycles. The summed E-state index contributed by atoms with van der Waals surface area (Å²) in [7, 11) is 0. The van der Waals surface area contributed by atoms with Crippen LogP contribution in [0.1, 0.15) is 33.6 Å². The van der Waals surface area contributed by atoms with Crippen molar-refractivity contribution in [2.24, 2.45) is 0 Å². The zero-order valence-electron chi connectivity index (χ0n) is 11.5. The highest BCUT2D eigenvalue weighted by Gasteiger charge is 2.12. The lowest BCUT2D eigenvalue weighted by molar-refractivity contribution is -0.118. The summed E-state index contributed by atoms with van der Waals surface area (Å²) in [5, 5.41) is 3.32. The second-order valence-electron chi connectivity index (χ2n) is 4.56. The van der Waals surface area contributed by atoms with Crippen LogP contribution >= 0.6 is 0 Å². The van der Waals surface area contributed by atoms with Crippen molar-refractivity contribution in [3.63, 3.8) is 0 Å². The molecule has 1 aromatic rings. The van der Waals surface area contributed by atoms with E-state index in [1.807, 2.05) is 19.1 Å². The topological polar surface area (TPSA) is 45.2 Å². The molecule has 4 heteroatoms. The molecule has 1 heterocycles. The summed E-state index contributed by atoms with van der Waals surface area (Å²) in [4.78, 5) is 17.9. The first-order valence-corrected chi connectivity index (χ1v) is 6.59. The normalized spacial score (nSPS) is 10.7. The van der Waals surface area contributed by atoms with E-state index in [-0.39, 0.29) is 5.91 Å². The molecule has 0 saturated heterocycles. The van der Waals surface area contributed by atoms with Gasteiger partial charge in [0.25, 0.3) is 0 Å². The lowest BCUT2D eigenvalue weighted by Crippen LogP contribution is -2.31. The highest BCUT2D eigenvalue weighted by Crippen LogP contribution is 2.13. The van der Waals surface area contributed by atoms with E-state index in [1.54, 1.807) is 17.3 Å². The molecule has 0 saturated carbocycles. The first kappa shape index (κ1) is 14.6. The smallest absolute Gasteiger partial charge is 0.227 e. The summed E-state index contributed by atoms with van der Waals surface area (Å²) in [6.45, 7) is 7.79. The summed E-state index contributed by atoms with van der Waals surface area (Å²) in [6.07, 6.45) is 4.88. The van der Waals surface area contributed by atoms with Crippen LogP contribution in [0, 0.1) is 0 Å². The number of aromatic nitrogens is 1. The molecule has 100 valence electrons. The summed E-state index contributed by atoms with van der Waals surface area (Å²) < 4.78 is 0. The Morgan fingerprint density at radius 2 is 2.06 bits per heavy atom. The van der Waals surface area contributed by atoms with Gasteiger partial charge in [0.15, 0.2) is 0 Å². The van der Waals surface area contributed by atoms with Gasteiger partial charge < -0.3 is 10.2 Å². The first-order chi connectivity index (χ1) is 8.65. The van der Waals surface area contributed by atoms with Crippen molar-refractivity contribution in [2.45, 2.75) is 39.7 Å². The maximum atomic E-state index is 12.1. The van der Waals surface area contributed by atoms with Gasteiger partial charge in [-0.25, -0.2) is 0 Å². The average Bonchev–Trinajstić information content (AvgIpc) is 2.36. The molecule has 0 aliphatic rings. The zero-order chi connectivity index (χ0) is 13.4. The molecule has 0 bridgehead atoms. The number of nitrogens with zero attached hydrogens (tertiary/aromatic N) is 2. The van der Waals surface area contributed by atoms with E-state index in [9.17, 15) is 4.79 Å². The van der Waals surface area contributed by atoms with Crippen molar-refractivity contribution >= 4 is 11.6 Å². The molecule has 0 fully saturated rings. The van der Waals surface area contributed by atoms with Crippen LogP contribution in [0.4, 0.5) is 5.69 Å². The monoisotopic (exact) mass is 249 g/mol. The Morgan fingerprint density at radius 3 is 2.61 bits per heavy atom. The van der Waals surface area contributed by atoms with Crippen LogP contribution in [0.3, 0.4) is 0 Å². The third-order valence-electron chi connectivity index (χ3n) is 2.71. The van der Waals surface area contributed by atoms with E-state index in [2.05, 4.69) is 24.1 Å². The molecule has 0 atom stereocenters. The number of rotatable bonds is 7. The Bertz CT molecular complexity index is 351. The van der Waals surface area contributed by atoms with Crippen LogP contribution in [-0.4, -0.2) is 30.0 Å². The quantitative estimate of drug-likeness (QED) is 0.754. The molecule has 0 unspecified atom stereocenters. The molecule has 1 aromatic heterocycles. The molecule has 0 spiro atoms. The molecule has 1 amide bonds. The van der Waals surface area contributed by atoms with E-state index >= 15 is 0 Å². The maximum Gasteiger partial charge on any atom is 0.227 e. The molecule has 1 rings (SSSR count). The lowest BCUT2D eigenvalue weighted by atomic mass is 10.2. The highest BCUT2D eigenvalue weighted by atomic mass is 16.2. The molecular weight excluding hydrogens is 226 g/mol. The summed E-state index contributed by atoms with van der Waals surface area (Å²) >= 11 is 0. The number of carbonyl (C=O) groups excluding carboxylic acids is 1. The second-order valence-corrected chi connectivity index (χ2v) is 4.56. The third-order valence-corrected chi connectivity index (χ3v) is 2.71. The van der Waals surface area contributed by atoms with Crippen molar-refractivity contribution < 1.29 is 4.79 Å². The fraction of sp³-hybridized carbons (Fsp3) is 0.571. The van der Waals surface area contributed by atoms with E-state index in [0.29, 0.717) is 19.0 Å². The zero-order valence-corrected chi connectivity index (χ0v) is 11.5. The van der Waals surface area contributed by atoms with E-state index in [0.717, 1.165) is 18.7 Å². The minimum absolute atomic E-state index is 0.175. The Kier molecular flexibility index (Phi) is 6.36. The fourth-order valence-electron chi connectivity index (χ4n) is 1.79. The number of hydrogen-bond donors (Lipinski definition) is 1. The number of nitrogens with one attached hydrogen (secondary N) is 1. The molecule has 0 radical (unpaired) electrons. The van der Waals surface area contributed by atoms with Gasteiger partial charge in [0.05, 0.1) is 0 Å². The Balaban J connectivity index is 2.43. The summed E-state index contributed by atoms with van der Waals surface area (Å²) in [5.41, 5.74) is 0.925. The van der Waals surface area contributed by atoms with Gasteiger partial charge >= 0.3 is 0 Å². The predicted molar refractivity (Wildman–Crippen MR) is 74.6 cm³/mol. The Labute approximate surface area is 109 Å². The Hall–Kier alpha value is -1.42. The van der Waals surface area contributed by atoms with Gasteiger partial charge in [-0.1, -0.05) is 13.8 Å². The predicted octanol–water partition coefficient (Wildman–Crippen LogP) is 2.21. The van der Waals surface area contributed by atoms with Gasteiger partial charge in [0.2, 0.25) is 5.91 Å². The van der Waals surface area contributed by atoms with Crippen molar-refractivity contribution in [1.82, 2.24) is 10.3 Å². The highest BCUT2D eigenvalue weighted by molar-refractivity contribution is 5.93. The Morgan fingerprint density at radius 1 is 1.39 bits per heavy atom. The number of carbonyl (C=O) groups is 1. The minimum Gasteiger partial charge on any atom is -0.315 e. The van der Waals surface area contributed by atoms with Gasteiger partial charge in [0.1, 0.15) is 0 Å². The standard InChI is InChI=1S/C14H23N3O/c1-4-17(13-7-10-15-11-8-13)14(18)6-5-9-16-12(2)3/h7-8,10-12,16H,4-6,9H2,1-3H3. The minimum atomic E-state index is 0.175.